The number of hydrogen-bond acceptors (Lipinski definition) is 3. The lowest BCUT2D eigenvalue weighted by atomic mass is 9.76. The predicted molar refractivity (Wildman–Crippen MR) is 81.7 cm³/mol. The van der Waals surface area contributed by atoms with Crippen molar-refractivity contribution in [2.24, 2.45) is 5.92 Å². The van der Waals surface area contributed by atoms with Crippen LogP contribution in [-0.2, 0) is 17.8 Å². The monoisotopic (exact) mass is 273 g/mol. The van der Waals surface area contributed by atoms with Crippen molar-refractivity contribution in [3.05, 3.63) is 29.3 Å². The first-order valence-corrected chi connectivity index (χ1v) is 7.95. The quantitative estimate of drug-likeness (QED) is 0.636. The van der Waals surface area contributed by atoms with Crippen LogP contribution in [0, 0.1) is 5.92 Å². The van der Waals surface area contributed by atoms with Crippen LogP contribution in [-0.4, -0.2) is 18.7 Å². The van der Waals surface area contributed by atoms with Gasteiger partial charge in [0.2, 0.25) is 0 Å². The lowest BCUT2D eigenvalue weighted by molar-refractivity contribution is 0.275. The molecular formula is C16H24BNO2. The Bertz CT molecular complexity index is 446. The molecule has 0 unspecified atom stereocenters. The summed E-state index contributed by atoms with van der Waals surface area (Å²) in [5.74, 6) is 0.923. The summed E-state index contributed by atoms with van der Waals surface area (Å²) in [6.45, 7) is 2.44. The van der Waals surface area contributed by atoms with E-state index < -0.39 is 7.12 Å². The maximum atomic E-state index is 9.87. The van der Waals surface area contributed by atoms with Gasteiger partial charge in [0.25, 0.3) is 0 Å². The van der Waals surface area contributed by atoms with Crippen LogP contribution < -0.4 is 10.8 Å². The molecular weight excluding hydrogens is 249 g/mol. The van der Waals surface area contributed by atoms with Crippen molar-refractivity contribution < 1.29 is 9.68 Å². The summed E-state index contributed by atoms with van der Waals surface area (Å²) < 4.78 is 5.29. The third kappa shape index (κ3) is 3.25. The smallest absolute Gasteiger partial charge is 0.423 e. The topological polar surface area (TPSA) is 41.5 Å². The van der Waals surface area contributed by atoms with Crippen molar-refractivity contribution >= 4 is 12.6 Å². The van der Waals surface area contributed by atoms with Gasteiger partial charge >= 0.3 is 7.12 Å². The lowest BCUT2D eigenvalue weighted by Gasteiger charge is -2.21. The number of nitrogens with one attached hydrogen (secondary N) is 1. The molecule has 20 heavy (non-hydrogen) atoms. The van der Waals surface area contributed by atoms with Crippen molar-refractivity contribution in [1.29, 1.82) is 0 Å². The van der Waals surface area contributed by atoms with Gasteiger partial charge in [-0.25, -0.2) is 0 Å². The average Bonchev–Trinajstić information content (AvgIpc) is 2.87. The molecule has 1 aromatic carbocycles. The van der Waals surface area contributed by atoms with Crippen LogP contribution >= 0.6 is 0 Å². The first-order valence-electron chi connectivity index (χ1n) is 7.95. The van der Waals surface area contributed by atoms with Crippen LogP contribution in [0.3, 0.4) is 0 Å². The van der Waals surface area contributed by atoms with E-state index in [1.807, 2.05) is 6.07 Å². The fourth-order valence-electron chi connectivity index (χ4n) is 3.52. The second kappa shape index (κ2) is 6.75. The Balaban J connectivity index is 1.48. The highest BCUT2D eigenvalue weighted by Gasteiger charge is 2.29. The minimum Gasteiger partial charge on any atom is -0.423 e. The highest BCUT2D eigenvalue weighted by Crippen LogP contribution is 2.25. The summed E-state index contributed by atoms with van der Waals surface area (Å²) in [7, 11) is -0.735. The van der Waals surface area contributed by atoms with Crippen molar-refractivity contribution in [1.82, 2.24) is 5.32 Å². The standard InChI is InChI=1S/C16H24BNO2/c19-17-16-14(7-4-8-15(16)12-20-17)11-18-10-9-13-5-2-1-3-6-13/h4,7-8,13,18-19H,1-3,5-6,9-12H2. The van der Waals surface area contributed by atoms with Gasteiger partial charge in [0, 0.05) is 6.54 Å². The van der Waals surface area contributed by atoms with Crippen molar-refractivity contribution in [2.75, 3.05) is 6.54 Å². The van der Waals surface area contributed by atoms with Gasteiger partial charge in [-0.05, 0) is 35.5 Å². The first kappa shape index (κ1) is 14.1. The number of benzene rings is 1. The molecule has 3 nitrogen and oxygen atoms in total. The fraction of sp³-hybridized carbons (Fsp3) is 0.625. The Hall–Kier alpha value is -0.835. The third-order valence-corrected chi connectivity index (χ3v) is 4.70. The highest BCUT2D eigenvalue weighted by molar-refractivity contribution is 6.62. The Labute approximate surface area is 121 Å². The summed E-state index contributed by atoms with van der Waals surface area (Å²) in [6.07, 6.45) is 8.37. The third-order valence-electron chi connectivity index (χ3n) is 4.70. The van der Waals surface area contributed by atoms with Crippen LogP contribution in [0.5, 0.6) is 0 Å². The summed E-state index contributed by atoms with van der Waals surface area (Å²) in [5, 5.41) is 13.4. The fourth-order valence-corrected chi connectivity index (χ4v) is 3.52. The van der Waals surface area contributed by atoms with E-state index in [-0.39, 0.29) is 0 Å². The number of rotatable bonds is 5. The summed E-state index contributed by atoms with van der Waals surface area (Å²) >= 11 is 0. The molecule has 0 amide bonds. The van der Waals surface area contributed by atoms with Crippen LogP contribution in [0.2, 0.25) is 0 Å². The highest BCUT2D eigenvalue weighted by atomic mass is 16.5. The van der Waals surface area contributed by atoms with E-state index in [1.165, 1.54) is 44.1 Å². The van der Waals surface area contributed by atoms with Crippen molar-refractivity contribution in [2.45, 2.75) is 51.7 Å². The summed E-state index contributed by atoms with van der Waals surface area (Å²) in [4.78, 5) is 0. The normalized spacial score (nSPS) is 19.4. The van der Waals surface area contributed by atoms with Gasteiger partial charge in [0.05, 0.1) is 6.61 Å². The van der Waals surface area contributed by atoms with Crippen LogP contribution in [0.4, 0.5) is 0 Å². The molecule has 1 fully saturated rings. The van der Waals surface area contributed by atoms with Crippen LogP contribution in [0.15, 0.2) is 18.2 Å². The molecule has 0 spiro atoms. The Morgan fingerprint density at radius 1 is 1.25 bits per heavy atom. The Morgan fingerprint density at radius 2 is 2.10 bits per heavy atom. The van der Waals surface area contributed by atoms with E-state index in [4.69, 9.17) is 4.65 Å². The molecule has 1 aliphatic heterocycles. The minimum absolute atomic E-state index is 0.534. The molecule has 0 aromatic heterocycles. The van der Waals surface area contributed by atoms with Crippen molar-refractivity contribution in [3.8, 4) is 0 Å². The summed E-state index contributed by atoms with van der Waals surface area (Å²) in [6, 6.07) is 6.18. The lowest BCUT2D eigenvalue weighted by Crippen LogP contribution is -2.33. The molecule has 1 aromatic rings. The van der Waals surface area contributed by atoms with Gasteiger partial charge in [-0.1, -0.05) is 50.3 Å². The zero-order chi connectivity index (χ0) is 13.8. The van der Waals surface area contributed by atoms with Crippen LogP contribution in [0.1, 0.15) is 49.7 Å². The molecule has 2 N–H and O–H groups in total. The maximum Gasteiger partial charge on any atom is 0.492 e. The molecule has 2 aliphatic rings. The molecule has 0 atom stereocenters. The van der Waals surface area contributed by atoms with Crippen molar-refractivity contribution in [3.63, 3.8) is 0 Å². The first-order chi connectivity index (χ1) is 9.84. The van der Waals surface area contributed by atoms with Gasteiger partial charge in [-0.2, -0.15) is 0 Å². The largest absolute Gasteiger partial charge is 0.492 e. The van der Waals surface area contributed by atoms with E-state index in [1.54, 1.807) is 0 Å². The zero-order valence-electron chi connectivity index (χ0n) is 12.1. The Morgan fingerprint density at radius 3 is 2.95 bits per heavy atom. The van der Waals surface area contributed by atoms with Gasteiger partial charge in [0.15, 0.2) is 0 Å². The van der Waals surface area contributed by atoms with E-state index in [9.17, 15) is 5.02 Å². The minimum atomic E-state index is -0.735. The molecule has 1 aliphatic carbocycles. The van der Waals surface area contributed by atoms with E-state index >= 15 is 0 Å². The molecule has 1 heterocycles. The molecule has 0 saturated heterocycles. The molecule has 3 rings (SSSR count). The second-order valence-corrected chi connectivity index (χ2v) is 6.12. The van der Waals surface area contributed by atoms with Gasteiger partial charge in [-0.15, -0.1) is 0 Å². The van der Waals surface area contributed by atoms with Gasteiger partial charge in [0.1, 0.15) is 0 Å². The van der Waals surface area contributed by atoms with Gasteiger partial charge < -0.3 is 15.0 Å². The second-order valence-electron chi connectivity index (χ2n) is 6.12. The average molecular weight is 273 g/mol. The molecule has 1 saturated carbocycles. The molecule has 0 radical (unpaired) electrons. The predicted octanol–water partition coefficient (Wildman–Crippen LogP) is 1.96. The molecule has 4 heteroatoms. The van der Waals surface area contributed by atoms with E-state index in [0.717, 1.165) is 30.0 Å². The number of fused-ring (bicyclic) bond motifs is 1. The molecule has 108 valence electrons. The van der Waals surface area contributed by atoms with Crippen LogP contribution in [0.25, 0.3) is 0 Å². The van der Waals surface area contributed by atoms with Gasteiger partial charge in [-0.3, -0.25) is 0 Å². The van der Waals surface area contributed by atoms with E-state index in [0.29, 0.717) is 6.61 Å². The SMILES string of the molecule is OB1OCc2cccc(CNCCC3CCCCC3)c21. The maximum absolute atomic E-state index is 9.87. The zero-order valence-corrected chi connectivity index (χ0v) is 12.1. The van der Waals surface area contributed by atoms with E-state index in [2.05, 4.69) is 17.4 Å². The summed E-state index contributed by atoms with van der Waals surface area (Å²) in [5.41, 5.74) is 3.29. The Kier molecular flexibility index (Phi) is 4.76. The molecule has 0 bridgehead atoms. The number of hydrogen-bond donors (Lipinski definition) is 2.